The van der Waals surface area contributed by atoms with Crippen molar-refractivity contribution in [1.29, 1.82) is 0 Å². The molecule has 2 heterocycles. The van der Waals surface area contributed by atoms with Gasteiger partial charge in [0.15, 0.2) is 5.96 Å². The molecule has 0 aliphatic carbocycles. The number of para-hydroxylation sites is 1. The predicted octanol–water partition coefficient (Wildman–Crippen LogP) is 0.955. The number of pyridine rings is 1. The van der Waals surface area contributed by atoms with E-state index < -0.39 is 34.0 Å². The minimum Gasteiger partial charge on any atom is -0.480 e. The van der Waals surface area contributed by atoms with E-state index in [0.717, 1.165) is 5.56 Å². The van der Waals surface area contributed by atoms with Gasteiger partial charge in [-0.05, 0) is 56.2 Å². The number of nitrogens with two attached hydrogens (primary N) is 2. The fourth-order valence-electron chi connectivity index (χ4n) is 4.29. The zero-order valence-electron chi connectivity index (χ0n) is 19.8. The number of piperidine rings is 1. The van der Waals surface area contributed by atoms with E-state index in [4.69, 9.17) is 11.5 Å². The third-order valence-electron chi connectivity index (χ3n) is 6.07. The van der Waals surface area contributed by atoms with Crippen LogP contribution in [0.1, 0.15) is 38.2 Å². The third kappa shape index (κ3) is 6.45. The van der Waals surface area contributed by atoms with E-state index in [1.54, 1.807) is 18.3 Å². The highest BCUT2D eigenvalue weighted by Crippen LogP contribution is 2.26. The lowest BCUT2D eigenvalue weighted by atomic mass is 9.91. The minimum absolute atomic E-state index is 0.0564. The molecule has 190 valence electrons. The van der Waals surface area contributed by atoms with Gasteiger partial charge in [-0.1, -0.05) is 19.1 Å². The van der Waals surface area contributed by atoms with Gasteiger partial charge in [0.2, 0.25) is 15.9 Å². The number of carbonyl (C=O) groups excluding carboxylic acids is 1. The highest BCUT2D eigenvalue weighted by molar-refractivity contribution is 7.89. The molecule has 1 fully saturated rings. The number of aryl methyl sites for hydroxylation is 1. The molecule has 11 nitrogen and oxygen atoms in total. The molecule has 1 aliphatic rings. The van der Waals surface area contributed by atoms with Gasteiger partial charge in [-0.3, -0.25) is 14.8 Å². The molecule has 0 radical (unpaired) electrons. The average Bonchev–Trinajstić information content (AvgIpc) is 2.79. The molecule has 2 aromatic rings. The van der Waals surface area contributed by atoms with Crippen LogP contribution >= 0.6 is 0 Å². The van der Waals surface area contributed by atoms with Crippen LogP contribution in [0.2, 0.25) is 0 Å². The zero-order chi connectivity index (χ0) is 25.8. The predicted molar refractivity (Wildman–Crippen MR) is 132 cm³/mol. The highest BCUT2D eigenvalue weighted by atomic mass is 32.2. The standard InChI is InChI=1S/C23H32N6O5S/c1-14-8-10-29(18(12-14)22(31)32)21(30)17(6-4-9-26-23(24)25)28-35(33,34)19-7-3-5-16-11-15(2)13-27-20(16)19/h3,5,7,11,13-14,17-18,28H,4,6,8-10,12H2,1-2H3,(H,31,32)(H4,24,25,26). The molecule has 12 heteroatoms. The van der Waals surface area contributed by atoms with Crippen LogP contribution < -0.4 is 16.2 Å². The molecule has 3 atom stereocenters. The van der Waals surface area contributed by atoms with E-state index in [1.165, 1.54) is 11.0 Å². The molecule has 3 unspecified atom stereocenters. The first kappa shape index (κ1) is 26.4. The summed E-state index contributed by atoms with van der Waals surface area (Å²) in [5, 5.41) is 10.3. The van der Waals surface area contributed by atoms with Gasteiger partial charge in [-0.15, -0.1) is 0 Å². The Hall–Kier alpha value is -3.25. The molecule has 0 spiro atoms. The van der Waals surface area contributed by atoms with Gasteiger partial charge in [-0.2, -0.15) is 4.72 Å². The fraction of sp³-hybridized carbons (Fsp3) is 0.478. The Balaban J connectivity index is 1.92. The van der Waals surface area contributed by atoms with Crippen LogP contribution in [0.25, 0.3) is 10.9 Å². The molecule has 3 rings (SSSR count). The largest absolute Gasteiger partial charge is 0.480 e. The van der Waals surface area contributed by atoms with E-state index >= 15 is 0 Å². The van der Waals surface area contributed by atoms with Gasteiger partial charge < -0.3 is 21.5 Å². The lowest BCUT2D eigenvalue weighted by molar-refractivity contribution is -0.153. The molecule has 0 saturated carbocycles. The van der Waals surface area contributed by atoms with E-state index in [1.807, 2.05) is 19.9 Å². The normalized spacial score (nSPS) is 19.3. The number of hydrogen-bond donors (Lipinski definition) is 4. The highest BCUT2D eigenvalue weighted by Gasteiger charge is 2.39. The maximum absolute atomic E-state index is 13.5. The molecule has 1 aliphatic heterocycles. The number of fused-ring (bicyclic) bond motifs is 1. The maximum Gasteiger partial charge on any atom is 0.326 e. The van der Waals surface area contributed by atoms with Gasteiger partial charge in [-0.25, -0.2) is 13.2 Å². The molecule has 1 aromatic carbocycles. The summed E-state index contributed by atoms with van der Waals surface area (Å²) in [4.78, 5) is 34.8. The number of aromatic nitrogens is 1. The van der Waals surface area contributed by atoms with Crippen molar-refractivity contribution in [2.24, 2.45) is 22.4 Å². The molecular weight excluding hydrogens is 472 g/mol. The summed E-state index contributed by atoms with van der Waals surface area (Å²) in [5.74, 6) is -1.66. The topological polar surface area (TPSA) is 181 Å². The Bertz CT molecular complexity index is 1230. The number of hydrogen-bond acceptors (Lipinski definition) is 6. The number of sulfonamides is 1. The Morgan fingerprint density at radius 3 is 2.77 bits per heavy atom. The number of guanidine groups is 1. The quantitative estimate of drug-likeness (QED) is 0.221. The summed E-state index contributed by atoms with van der Waals surface area (Å²) in [6, 6.07) is 4.42. The monoisotopic (exact) mass is 504 g/mol. The summed E-state index contributed by atoms with van der Waals surface area (Å²) >= 11 is 0. The van der Waals surface area contributed by atoms with Crippen molar-refractivity contribution in [1.82, 2.24) is 14.6 Å². The lowest BCUT2D eigenvalue weighted by Gasteiger charge is -2.38. The molecule has 6 N–H and O–H groups in total. The molecule has 1 amide bonds. The van der Waals surface area contributed by atoms with Crippen LogP contribution in [0.5, 0.6) is 0 Å². The lowest BCUT2D eigenvalue weighted by Crippen LogP contribution is -2.56. The van der Waals surface area contributed by atoms with Gasteiger partial charge in [0.25, 0.3) is 0 Å². The maximum atomic E-state index is 13.5. The smallest absolute Gasteiger partial charge is 0.326 e. The van der Waals surface area contributed by atoms with Crippen molar-refractivity contribution in [3.63, 3.8) is 0 Å². The van der Waals surface area contributed by atoms with Gasteiger partial charge in [0.05, 0.1) is 5.52 Å². The van der Waals surface area contributed by atoms with E-state index in [-0.39, 0.29) is 41.8 Å². The number of carboxylic acids is 1. The van der Waals surface area contributed by atoms with Crippen LogP contribution in [-0.2, 0) is 19.6 Å². The number of aliphatic imine (C=N–C) groups is 1. The zero-order valence-corrected chi connectivity index (χ0v) is 20.7. The number of likely N-dealkylation sites (tertiary alicyclic amines) is 1. The van der Waals surface area contributed by atoms with Crippen LogP contribution in [-0.4, -0.2) is 66.4 Å². The second kappa shape index (κ2) is 11.0. The van der Waals surface area contributed by atoms with Crippen molar-refractivity contribution in [3.05, 3.63) is 36.0 Å². The summed E-state index contributed by atoms with van der Waals surface area (Å²) in [5.41, 5.74) is 11.9. The second-order valence-corrected chi connectivity index (χ2v) is 10.7. The number of benzene rings is 1. The van der Waals surface area contributed by atoms with Crippen LogP contribution in [0.4, 0.5) is 0 Å². The Morgan fingerprint density at radius 1 is 1.34 bits per heavy atom. The first-order chi connectivity index (χ1) is 16.5. The number of carboxylic acid groups (broad SMARTS) is 1. The van der Waals surface area contributed by atoms with Crippen molar-refractivity contribution in [2.75, 3.05) is 13.1 Å². The van der Waals surface area contributed by atoms with Crippen molar-refractivity contribution >= 4 is 38.8 Å². The number of amides is 1. The Kier molecular flexibility index (Phi) is 8.28. The Labute approximate surface area is 204 Å². The molecule has 1 aromatic heterocycles. The molecule has 1 saturated heterocycles. The van der Waals surface area contributed by atoms with Crippen LogP contribution in [0, 0.1) is 12.8 Å². The number of aliphatic carboxylic acids is 1. The second-order valence-electron chi connectivity index (χ2n) is 8.98. The summed E-state index contributed by atoms with van der Waals surface area (Å²) in [6.45, 7) is 4.22. The van der Waals surface area contributed by atoms with Gasteiger partial charge >= 0.3 is 5.97 Å². The number of carbonyl (C=O) groups is 2. The summed E-state index contributed by atoms with van der Waals surface area (Å²) in [6.07, 6.45) is 2.92. The number of nitrogens with one attached hydrogen (secondary N) is 1. The fourth-order valence-corrected chi connectivity index (χ4v) is 5.69. The third-order valence-corrected chi connectivity index (χ3v) is 7.58. The first-order valence-corrected chi connectivity index (χ1v) is 12.9. The first-order valence-electron chi connectivity index (χ1n) is 11.5. The van der Waals surface area contributed by atoms with Crippen molar-refractivity contribution in [2.45, 2.75) is 56.5 Å². The summed E-state index contributed by atoms with van der Waals surface area (Å²) in [7, 11) is -4.18. The van der Waals surface area contributed by atoms with Crippen molar-refractivity contribution < 1.29 is 23.1 Å². The molecule has 0 bridgehead atoms. The van der Waals surface area contributed by atoms with E-state index in [9.17, 15) is 23.1 Å². The van der Waals surface area contributed by atoms with Crippen LogP contribution in [0.3, 0.4) is 0 Å². The molecule has 35 heavy (non-hydrogen) atoms. The Morgan fingerprint density at radius 2 is 2.09 bits per heavy atom. The van der Waals surface area contributed by atoms with Gasteiger partial charge in [0.1, 0.15) is 17.0 Å². The van der Waals surface area contributed by atoms with Gasteiger partial charge in [0, 0.05) is 24.7 Å². The van der Waals surface area contributed by atoms with Crippen LogP contribution in [0.15, 0.2) is 40.4 Å². The minimum atomic E-state index is -4.18. The number of nitrogens with zero attached hydrogens (tertiary/aromatic N) is 3. The molecular formula is C23H32N6O5S. The average molecular weight is 505 g/mol. The van der Waals surface area contributed by atoms with Crippen molar-refractivity contribution in [3.8, 4) is 0 Å². The number of rotatable bonds is 9. The summed E-state index contributed by atoms with van der Waals surface area (Å²) < 4.78 is 29.4. The van der Waals surface area contributed by atoms with E-state index in [0.29, 0.717) is 24.6 Å². The van der Waals surface area contributed by atoms with E-state index in [2.05, 4.69) is 14.7 Å². The SMILES string of the molecule is Cc1cnc2c(S(=O)(=O)NC(CCCN=C(N)N)C(=O)N3CCC(C)CC3C(=O)O)cccc2c1.